The van der Waals surface area contributed by atoms with Gasteiger partial charge in [-0.1, -0.05) is 19.8 Å². The molecular formula is C21H34N2O5S. The Morgan fingerprint density at radius 1 is 1.28 bits per heavy atom. The summed E-state index contributed by atoms with van der Waals surface area (Å²) in [6.45, 7) is 7.07. The highest BCUT2D eigenvalue weighted by Gasteiger charge is 2.77. The molecule has 0 aliphatic carbocycles. The summed E-state index contributed by atoms with van der Waals surface area (Å²) in [5, 5.41) is 12.3. The smallest absolute Gasteiger partial charge is 0.311 e. The monoisotopic (exact) mass is 426 g/mol. The maximum Gasteiger partial charge on any atom is 0.311 e. The van der Waals surface area contributed by atoms with Crippen molar-refractivity contribution in [3.05, 3.63) is 0 Å². The van der Waals surface area contributed by atoms with Crippen LogP contribution in [0.4, 0.5) is 0 Å². The molecule has 164 valence electrons. The first-order chi connectivity index (χ1) is 13.9. The number of esters is 1. The van der Waals surface area contributed by atoms with Crippen LogP contribution in [0.2, 0.25) is 0 Å². The van der Waals surface area contributed by atoms with Gasteiger partial charge >= 0.3 is 5.97 Å². The van der Waals surface area contributed by atoms with Gasteiger partial charge in [0.05, 0.1) is 23.2 Å². The summed E-state index contributed by atoms with van der Waals surface area (Å²) >= 11 is 1.65. The maximum absolute atomic E-state index is 13.5. The minimum Gasteiger partial charge on any atom is -0.466 e. The third-order valence-corrected chi connectivity index (χ3v) is 8.69. The van der Waals surface area contributed by atoms with Crippen LogP contribution >= 0.6 is 11.8 Å². The molecule has 2 unspecified atom stereocenters. The van der Waals surface area contributed by atoms with Gasteiger partial charge in [0.25, 0.3) is 0 Å². The molecule has 2 bridgehead atoms. The SMILES string of the molecule is CCCCCNC(=O)C1N(CCCO)C(=O)[C@@H]2[C@H](C(=O)OCC)[C@]3(C)CCC12S3. The van der Waals surface area contributed by atoms with Crippen molar-refractivity contribution >= 4 is 29.5 Å². The number of ether oxygens (including phenoxy) is 1. The number of thioether (sulfide) groups is 1. The summed E-state index contributed by atoms with van der Waals surface area (Å²) in [5.74, 6) is -1.65. The number of amides is 2. The zero-order valence-electron chi connectivity index (χ0n) is 17.7. The lowest BCUT2D eigenvalue weighted by molar-refractivity contribution is -0.155. The number of hydrogen-bond acceptors (Lipinski definition) is 6. The molecule has 3 fully saturated rings. The Bertz CT molecular complexity index is 659. The van der Waals surface area contributed by atoms with Crippen LogP contribution in [-0.2, 0) is 19.1 Å². The van der Waals surface area contributed by atoms with Crippen molar-refractivity contribution in [2.45, 2.75) is 74.8 Å². The Balaban J connectivity index is 1.91. The normalized spacial score (nSPS) is 35.1. The minimum absolute atomic E-state index is 0.0432. The van der Waals surface area contributed by atoms with Crippen LogP contribution in [0.1, 0.15) is 59.3 Å². The quantitative estimate of drug-likeness (QED) is 0.408. The highest BCUT2D eigenvalue weighted by atomic mass is 32.2. The van der Waals surface area contributed by atoms with E-state index >= 15 is 0 Å². The van der Waals surface area contributed by atoms with Gasteiger partial charge in [0.2, 0.25) is 11.8 Å². The van der Waals surface area contributed by atoms with E-state index in [1.54, 1.807) is 23.6 Å². The first-order valence-corrected chi connectivity index (χ1v) is 11.7. The van der Waals surface area contributed by atoms with E-state index in [0.29, 0.717) is 19.5 Å². The average Bonchev–Trinajstić information content (AvgIpc) is 3.24. The zero-order valence-corrected chi connectivity index (χ0v) is 18.6. The number of hydrogen-bond donors (Lipinski definition) is 2. The number of nitrogens with zero attached hydrogens (tertiary/aromatic N) is 1. The molecule has 1 spiro atoms. The summed E-state index contributed by atoms with van der Waals surface area (Å²) in [6, 6.07) is -0.598. The Morgan fingerprint density at radius 2 is 2.03 bits per heavy atom. The van der Waals surface area contributed by atoms with Crippen molar-refractivity contribution < 1.29 is 24.2 Å². The molecule has 3 rings (SSSR count). The second-order valence-electron chi connectivity index (χ2n) is 8.59. The number of carbonyl (C=O) groups excluding carboxylic acids is 3. The second kappa shape index (κ2) is 8.84. The number of fused-ring (bicyclic) bond motifs is 1. The summed E-state index contributed by atoms with van der Waals surface area (Å²) in [6.07, 6.45) is 4.97. The van der Waals surface area contributed by atoms with Gasteiger partial charge in [-0.15, -0.1) is 11.8 Å². The molecule has 7 nitrogen and oxygen atoms in total. The van der Waals surface area contributed by atoms with Crippen molar-refractivity contribution in [1.29, 1.82) is 0 Å². The lowest BCUT2D eigenvalue weighted by atomic mass is 9.66. The van der Waals surface area contributed by atoms with Gasteiger partial charge in [-0.2, -0.15) is 0 Å². The van der Waals surface area contributed by atoms with Crippen molar-refractivity contribution in [3.8, 4) is 0 Å². The van der Waals surface area contributed by atoms with Crippen molar-refractivity contribution in [1.82, 2.24) is 10.2 Å². The van der Waals surface area contributed by atoms with Crippen molar-refractivity contribution in [2.75, 3.05) is 26.3 Å². The first kappa shape index (κ1) is 22.4. The van der Waals surface area contributed by atoms with Crippen LogP contribution in [0, 0.1) is 11.8 Å². The van der Waals surface area contributed by atoms with E-state index in [1.807, 2.05) is 6.92 Å². The Hall–Kier alpha value is -1.28. The maximum atomic E-state index is 13.5. The van der Waals surface area contributed by atoms with Gasteiger partial charge in [0.1, 0.15) is 6.04 Å². The molecule has 0 radical (unpaired) electrons. The van der Waals surface area contributed by atoms with Crippen LogP contribution in [-0.4, -0.2) is 69.6 Å². The van der Waals surface area contributed by atoms with E-state index in [2.05, 4.69) is 12.2 Å². The number of likely N-dealkylation sites (tertiary alicyclic amines) is 1. The number of carbonyl (C=O) groups is 3. The van der Waals surface area contributed by atoms with Gasteiger partial charge in [-0.05, 0) is 39.5 Å². The third-order valence-electron chi connectivity index (χ3n) is 6.70. The Labute approximate surface area is 177 Å². The van der Waals surface area contributed by atoms with Gasteiger partial charge < -0.3 is 20.1 Å². The average molecular weight is 427 g/mol. The van der Waals surface area contributed by atoms with Gasteiger partial charge in [0.15, 0.2) is 0 Å². The lowest BCUT2D eigenvalue weighted by Gasteiger charge is -2.34. The van der Waals surface area contributed by atoms with E-state index in [0.717, 1.165) is 32.1 Å². The van der Waals surface area contributed by atoms with Crippen LogP contribution in [0.5, 0.6) is 0 Å². The molecule has 0 aromatic rings. The lowest BCUT2D eigenvalue weighted by Crippen LogP contribution is -2.53. The molecule has 2 N–H and O–H groups in total. The summed E-state index contributed by atoms with van der Waals surface area (Å²) in [7, 11) is 0. The van der Waals surface area contributed by atoms with E-state index < -0.39 is 22.6 Å². The molecule has 5 atom stereocenters. The molecule has 0 aromatic heterocycles. The van der Waals surface area contributed by atoms with Gasteiger partial charge in [0, 0.05) is 24.4 Å². The van der Waals surface area contributed by atoms with Crippen LogP contribution in [0.15, 0.2) is 0 Å². The summed E-state index contributed by atoms with van der Waals surface area (Å²) < 4.78 is 4.37. The van der Waals surface area contributed by atoms with Gasteiger partial charge in [-0.3, -0.25) is 14.4 Å². The van der Waals surface area contributed by atoms with Crippen molar-refractivity contribution in [2.24, 2.45) is 11.8 Å². The number of unbranched alkanes of at least 4 members (excludes halogenated alkanes) is 2. The highest BCUT2D eigenvalue weighted by Crippen LogP contribution is 2.71. The minimum atomic E-state index is -0.598. The molecule has 3 heterocycles. The molecule has 3 aliphatic heterocycles. The zero-order chi connectivity index (χ0) is 21.2. The molecule has 3 aliphatic rings. The summed E-state index contributed by atoms with van der Waals surface area (Å²) in [4.78, 5) is 41.2. The fourth-order valence-corrected chi connectivity index (χ4v) is 7.83. The fourth-order valence-electron chi connectivity index (χ4n) is 5.48. The molecule has 8 heteroatoms. The van der Waals surface area contributed by atoms with Crippen LogP contribution in [0.25, 0.3) is 0 Å². The van der Waals surface area contributed by atoms with E-state index in [-0.39, 0.29) is 35.7 Å². The van der Waals surface area contributed by atoms with E-state index in [9.17, 15) is 19.5 Å². The third kappa shape index (κ3) is 3.67. The predicted octanol–water partition coefficient (Wildman–Crippen LogP) is 1.72. The standard InChI is InChI=1S/C21H34N2O5S/c1-4-6-7-11-22-17(25)16-21-10-9-20(3,29-21)15(19(27)28-5-2)14(21)18(26)23(16)12-8-13-24/h14-16,24H,4-13H2,1-3H3,(H,22,25)/t14-,15+,16?,20-,21?/m0/s1. The first-order valence-electron chi connectivity index (χ1n) is 10.9. The van der Waals surface area contributed by atoms with Crippen molar-refractivity contribution in [3.63, 3.8) is 0 Å². The number of aliphatic hydroxyl groups is 1. The molecule has 29 heavy (non-hydrogen) atoms. The Kier molecular flexibility index (Phi) is 6.83. The number of rotatable bonds is 10. The molecular weight excluding hydrogens is 392 g/mol. The number of aliphatic hydroxyl groups excluding tert-OH is 1. The predicted molar refractivity (Wildman–Crippen MR) is 111 cm³/mol. The Morgan fingerprint density at radius 3 is 2.69 bits per heavy atom. The van der Waals surface area contributed by atoms with E-state index in [1.165, 1.54) is 0 Å². The second-order valence-corrected chi connectivity index (χ2v) is 10.5. The number of nitrogens with one attached hydrogen (secondary N) is 1. The highest BCUT2D eigenvalue weighted by molar-refractivity contribution is 8.02. The fraction of sp³-hybridized carbons (Fsp3) is 0.857. The molecule has 2 amide bonds. The molecule has 0 aromatic carbocycles. The summed E-state index contributed by atoms with van der Waals surface area (Å²) in [5.41, 5.74) is 0. The van der Waals surface area contributed by atoms with E-state index in [4.69, 9.17) is 4.74 Å². The van der Waals surface area contributed by atoms with Crippen LogP contribution < -0.4 is 5.32 Å². The topological polar surface area (TPSA) is 95.9 Å². The van der Waals surface area contributed by atoms with Crippen LogP contribution in [0.3, 0.4) is 0 Å². The molecule has 0 saturated carbocycles. The molecule has 3 saturated heterocycles. The van der Waals surface area contributed by atoms with Gasteiger partial charge in [-0.25, -0.2) is 0 Å². The largest absolute Gasteiger partial charge is 0.466 e.